The summed E-state index contributed by atoms with van der Waals surface area (Å²) in [5.74, 6) is 1.33. The number of aliphatic hydroxyl groups excluding tert-OH is 1. The van der Waals surface area contributed by atoms with Gasteiger partial charge in [-0.2, -0.15) is 0 Å². The first-order valence-electron chi connectivity index (χ1n) is 14.6. The van der Waals surface area contributed by atoms with Crippen molar-refractivity contribution in [2.75, 3.05) is 0 Å². The summed E-state index contributed by atoms with van der Waals surface area (Å²) in [6.45, 7) is 2.91. The molecule has 29 heavy (non-hydrogen) atoms. The maximum Gasteiger partial charge on any atom is 0.0591 e. The first kappa shape index (κ1) is 15.9. The maximum atomic E-state index is 10.6. The minimum atomic E-state index is -2.94. The lowest BCUT2D eigenvalue weighted by atomic mass is 9.60. The van der Waals surface area contributed by atoms with E-state index in [4.69, 9.17) is 8.22 Å². The fourth-order valence-electron chi connectivity index (χ4n) is 6.49. The molecule has 3 rings (SSSR count). The van der Waals surface area contributed by atoms with E-state index >= 15 is 0 Å². The van der Waals surface area contributed by atoms with Crippen molar-refractivity contribution in [2.45, 2.75) is 110 Å². The molecule has 0 saturated heterocycles. The largest absolute Gasteiger partial charge is 0.393 e. The van der Waals surface area contributed by atoms with Crippen LogP contribution in [0.25, 0.3) is 0 Å². The molecular formula is C27H44O2. The molecule has 0 radical (unpaired) electrons. The summed E-state index contributed by atoms with van der Waals surface area (Å²) >= 11 is 0. The van der Waals surface area contributed by atoms with Crippen molar-refractivity contribution in [3.63, 3.8) is 0 Å². The molecule has 1 unspecified atom stereocenters. The standard InChI is InChI=1S/C27H44O2/c1-19-10-13-23(28)18-22(19)12-11-21-9-7-17-27(5)24(14-15-25(21)27)20(2)8-6-16-26(3,4)29/h11-12,20,23-25,28-29H,1,6-10,13-18H2,2-5H3/b21-11+,22-12-/t20-,23+,24-,25?,27-/m1/s1/i3D3,4D3. The molecule has 3 aliphatic carbocycles. The van der Waals surface area contributed by atoms with Crippen molar-refractivity contribution >= 4 is 0 Å². The second kappa shape index (κ2) is 9.10. The SMILES string of the molecule is [2H]C([2H])([2H])C(O)(CCC[C@@H](C)[C@H]1CCC2/C(=C/C=C3/C[C@@H](O)CCC3=C)CCC[C@@]21C)C([2H])([2H])[2H]. The van der Waals surface area contributed by atoms with Crippen LogP contribution < -0.4 is 0 Å². The quantitative estimate of drug-likeness (QED) is 0.513. The van der Waals surface area contributed by atoms with Crippen LogP contribution in [0.2, 0.25) is 0 Å². The maximum absolute atomic E-state index is 10.6. The highest BCUT2D eigenvalue weighted by atomic mass is 16.3. The highest BCUT2D eigenvalue weighted by Crippen LogP contribution is 2.60. The summed E-state index contributed by atoms with van der Waals surface area (Å²) in [6.07, 6.45) is 13.1. The monoisotopic (exact) mass is 406 g/mol. The van der Waals surface area contributed by atoms with Gasteiger partial charge in [0, 0.05) is 8.22 Å². The number of hydrogen-bond acceptors (Lipinski definition) is 2. The number of rotatable bonds is 6. The van der Waals surface area contributed by atoms with Crippen LogP contribution in [-0.2, 0) is 0 Å². The minimum absolute atomic E-state index is 0.176. The van der Waals surface area contributed by atoms with Crippen molar-refractivity contribution in [1.29, 1.82) is 0 Å². The zero-order valence-electron chi connectivity index (χ0n) is 24.3. The predicted octanol–water partition coefficient (Wildman–Crippen LogP) is 6.73. The molecule has 0 bridgehead atoms. The zero-order chi connectivity index (χ0) is 26.2. The molecule has 0 amide bonds. The Kier molecular flexibility index (Phi) is 4.98. The summed E-state index contributed by atoms with van der Waals surface area (Å²) in [5, 5.41) is 20.6. The molecule has 0 aliphatic heterocycles. The van der Waals surface area contributed by atoms with Crippen LogP contribution in [0, 0.1) is 23.2 Å². The Labute approximate surface area is 187 Å². The molecule has 3 saturated carbocycles. The highest BCUT2D eigenvalue weighted by molar-refractivity contribution is 5.36. The van der Waals surface area contributed by atoms with Crippen molar-refractivity contribution in [3.05, 3.63) is 35.5 Å². The van der Waals surface area contributed by atoms with Crippen molar-refractivity contribution in [3.8, 4) is 0 Å². The van der Waals surface area contributed by atoms with Gasteiger partial charge in [0.1, 0.15) is 0 Å². The first-order valence-corrected chi connectivity index (χ1v) is 11.6. The number of aliphatic hydroxyl groups is 2. The first-order chi connectivity index (χ1) is 16.1. The van der Waals surface area contributed by atoms with E-state index in [9.17, 15) is 10.2 Å². The Hall–Kier alpha value is -0.860. The predicted molar refractivity (Wildman–Crippen MR) is 123 cm³/mol. The van der Waals surface area contributed by atoms with Crippen LogP contribution in [0.5, 0.6) is 0 Å². The molecule has 0 spiro atoms. The van der Waals surface area contributed by atoms with Crippen molar-refractivity contribution < 1.29 is 18.4 Å². The molecule has 2 N–H and O–H groups in total. The van der Waals surface area contributed by atoms with Crippen LogP contribution in [-0.4, -0.2) is 21.9 Å². The molecule has 0 aromatic heterocycles. The van der Waals surface area contributed by atoms with Gasteiger partial charge < -0.3 is 10.2 Å². The Morgan fingerprint density at radius 3 is 2.83 bits per heavy atom. The number of fused-ring (bicyclic) bond motifs is 1. The lowest BCUT2D eigenvalue weighted by molar-refractivity contribution is 0.0596. The van der Waals surface area contributed by atoms with E-state index in [-0.39, 0.29) is 17.9 Å². The van der Waals surface area contributed by atoms with E-state index in [1.165, 1.54) is 17.6 Å². The Balaban J connectivity index is 1.68. The molecule has 3 fully saturated rings. The topological polar surface area (TPSA) is 40.5 Å². The third-order valence-electron chi connectivity index (χ3n) is 8.11. The second-order valence-electron chi connectivity index (χ2n) is 10.3. The Morgan fingerprint density at radius 2 is 2.07 bits per heavy atom. The van der Waals surface area contributed by atoms with Gasteiger partial charge in [0.25, 0.3) is 0 Å². The molecule has 3 aliphatic rings. The van der Waals surface area contributed by atoms with Crippen LogP contribution in [0.1, 0.15) is 106 Å². The van der Waals surface area contributed by atoms with Crippen LogP contribution in [0.4, 0.5) is 0 Å². The third kappa shape index (κ3) is 5.44. The van der Waals surface area contributed by atoms with E-state index in [1.54, 1.807) is 0 Å². The number of allylic oxidation sites excluding steroid dienone is 4. The van der Waals surface area contributed by atoms with Gasteiger partial charge in [-0.25, -0.2) is 0 Å². The van der Waals surface area contributed by atoms with Gasteiger partial charge in [0.2, 0.25) is 0 Å². The molecule has 2 heteroatoms. The minimum Gasteiger partial charge on any atom is -0.393 e. The van der Waals surface area contributed by atoms with Gasteiger partial charge in [-0.15, -0.1) is 0 Å². The summed E-state index contributed by atoms with van der Waals surface area (Å²) in [4.78, 5) is 0. The average molecular weight is 407 g/mol. The van der Waals surface area contributed by atoms with Gasteiger partial charge in [0.15, 0.2) is 0 Å². The normalized spacial score (nSPS) is 41.1. The molecule has 5 atom stereocenters. The lowest BCUT2D eigenvalue weighted by Crippen LogP contribution is -2.36. The smallest absolute Gasteiger partial charge is 0.0591 e. The molecule has 0 aromatic carbocycles. The molecule has 2 nitrogen and oxygen atoms in total. The van der Waals surface area contributed by atoms with Gasteiger partial charge in [0.05, 0.1) is 11.7 Å². The van der Waals surface area contributed by atoms with Gasteiger partial charge in [-0.05, 0) is 100 Å². The summed E-state index contributed by atoms with van der Waals surface area (Å²) < 4.78 is 45.6. The van der Waals surface area contributed by atoms with E-state index in [0.717, 1.165) is 44.1 Å². The molecular weight excluding hydrogens is 356 g/mol. The van der Waals surface area contributed by atoms with E-state index in [1.807, 2.05) is 0 Å². The summed E-state index contributed by atoms with van der Waals surface area (Å²) in [6, 6.07) is 0. The van der Waals surface area contributed by atoms with E-state index in [0.29, 0.717) is 37.0 Å². The lowest BCUT2D eigenvalue weighted by Gasteiger charge is -2.44. The Bertz CT molecular complexity index is 826. The van der Waals surface area contributed by atoms with E-state index < -0.39 is 19.3 Å². The van der Waals surface area contributed by atoms with Crippen LogP contribution in [0.15, 0.2) is 35.5 Å². The third-order valence-corrected chi connectivity index (χ3v) is 8.11. The van der Waals surface area contributed by atoms with E-state index in [2.05, 4.69) is 32.6 Å². The fraction of sp³-hybridized carbons (Fsp3) is 0.778. The number of hydrogen-bond donors (Lipinski definition) is 2. The highest BCUT2D eigenvalue weighted by Gasteiger charge is 2.50. The molecule has 0 heterocycles. The van der Waals surface area contributed by atoms with Crippen LogP contribution >= 0.6 is 0 Å². The molecule has 0 aromatic rings. The van der Waals surface area contributed by atoms with Crippen LogP contribution in [0.3, 0.4) is 0 Å². The van der Waals surface area contributed by atoms with Gasteiger partial charge in [-0.1, -0.05) is 56.6 Å². The second-order valence-corrected chi connectivity index (χ2v) is 10.3. The van der Waals surface area contributed by atoms with Gasteiger partial charge >= 0.3 is 0 Å². The molecule has 164 valence electrons. The van der Waals surface area contributed by atoms with Gasteiger partial charge in [-0.3, -0.25) is 0 Å². The summed E-state index contributed by atoms with van der Waals surface area (Å²) in [7, 11) is 0. The van der Waals surface area contributed by atoms with Crippen molar-refractivity contribution in [2.24, 2.45) is 23.2 Å². The van der Waals surface area contributed by atoms with Crippen molar-refractivity contribution in [1.82, 2.24) is 0 Å². The fourth-order valence-corrected chi connectivity index (χ4v) is 6.49. The zero-order valence-corrected chi connectivity index (χ0v) is 18.3. The summed E-state index contributed by atoms with van der Waals surface area (Å²) in [5.41, 5.74) is 1.32. The Morgan fingerprint density at radius 1 is 1.28 bits per heavy atom. The average Bonchev–Trinajstić information content (AvgIpc) is 3.10.